The molecule has 6 heteroatoms. The van der Waals surface area contributed by atoms with Crippen LogP contribution in [-0.4, -0.2) is 35.7 Å². The fraction of sp³-hybridized carbons (Fsp3) is 0.571. The van der Waals surface area contributed by atoms with Gasteiger partial charge < -0.3 is 9.64 Å². The molecule has 1 N–H and O–H groups in total. The van der Waals surface area contributed by atoms with Gasteiger partial charge in [0.2, 0.25) is 0 Å². The van der Waals surface area contributed by atoms with E-state index in [0.717, 1.165) is 10.2 Å². The standard InChI is InChI=1S/C14H22BrN3O2/c1-9(18(5)6)12-10(15)7-8-11(16-12)17-13(19)20-14(2,3)4/h7-9H,1-6H3,(H,16,17,19). The van der Waals surface area contributed by atoms with Crippen LogP contribution in [-0.2, 0) is 4.74 Å². The van der Waals surface area contributed by atoms with Crippen LogP contribution in [0.5, 0.6) is 0 Å². The van der Waals surface area contributed by atoms with Crippen molar-refractivity contribution in [2.24, 2.45) is 0 Å². The van der Waals surface area contributed by atoms with Crippen molar-refractivity contribution in [2.45, 2.75) is 39.3 Å². The van der Waals surface area contributed by atoms with Crippen LogP contribution in [0.2, 0.25) is 0 Å². The highest BCUT2D eigenvalue weighted by molar-refractivity contribution is 9.10. The molecule has 1 atom stereocenters. The number of rotatable bonds is 3. The van der Waals surface area contributed by atoms with Gasteiger partial charge in [-0.25, -0.2) is 9.78 Å². The van der Waals surface area contributed by atoms with Gasteiger partial charge in [0.25, 0.3) is 0 Å². The second-order valence-corrected chi connectivity index (χ2v) is 6.68. The Balaban J connectivity index is 2.88. The SMILES string of the molecule is CC(c1nc(NC(=O)OC(C)(C)C)ccc1Br)N(C)C. The van der Waals surface area contributed by atoms with Crippen LogP contribution >= 0.6 is 15.9 Å². The van der Waals surface area contributed by atoms with Gasteiger partial charge >= 0.3 is 6.09 Å². The Morgan fingerprint density at radius 3 is 2.50 bits per heavy atom. The van der Waals surface area contributed by atoms with Crippen LogP contribution in [0.25, 0.3) is 0 Å². The number of halogens is 1. The molecular formula is C14H22BrN3O2. The van der Waals surface area contributed by atoms with Crippen molar-refractivity contribution < 1.29 is 9.53 Å². The summed E-state index contributed by atoms with van der Waals surface area (Å²) in [5.74, 6) is 0.478. The third kappa shape index (κ3) is 5.09. The fourth-order valence-electron chi connectivity index (χ4n) is 1.47. The number of nitrogens with zero attached hydrogens (tertiary/aromatic N) is 2. The van der Waals surface area contributed by atoms with Crippen LogP contribution in [0, 0.1) is 0 Å². The predicted molar refractivity (Wildman–Crippen MR) is 83.9 cm³/mol. The van der Waals surface area contributed by atoms with Crippen LogP contribution in [0.15, 0.2) is 16.6 Å². The first kappa shape index (κ1) is 16.9. The normalized spacial score (nSPS) is 13.2. The first-order valence-corrected chi connectivity index (χ1v) is 7.22. The van der Waals surface area contributed by atoms with E-state index in [9.17, 15) is 4.79 Å². The predicted octanol–water partition coefficient (Wildman–Crippen LogP) is 3.81. The van der Waals surface area contributed by atoms with Crippen LogP contribution < -0.4 is 5.32 Å². The zero-order valence-electron chi connectivity index (χ0n) is 12.8. The highest BCUT2D eigenvalue weighted by Gasteiger charge is 2.18. The molecule has 20 heavy (non-hydrogen) atoms. The lowest BCUT2D eigenvalue weighted by Crippen LogP contribution is -2.27. The van der Waals surface area contributed by atoms with Crippen LogP contribution in [0.3, 0.4) is 0 Å². The summed E-state index contributed by atoms with van der Waals surface area (Å²) >= 11 is 3.48. The van der Waals surface area contributed by atoms with Gasteiger partial charge in [0.1, 0.15) is 11.4 Å². The summed E-state index contributed by atoms with van der Waals surface area (Å²) in [6, 6.07) is 3.74. The Morgan fingerprint density at radius 2 is 2.00 bits per heavy atom. The second kappa shape index (κ2) is 6.54. The molecule has 0 spiro atoms. The number of pyridine rings is 1. The summed E-state index contributed by atoms with van der Waals surface area (Å²) in [4.78, 5) is 18.2. The fourth-order valence-corrected chi connectivity index (χ4v) is 2.03. The molecule has 1 aromatic heterocycles. The molecular weight excluding hydrogens is 322 g/mol. The number of carbonyl (C=O) groups excluding carboxylic acids is 1. The smallest absolute Gasteiger partial charge is 0.413 e. The van der Waals surface area contributed by atoms with Gasteiger partial charge in [-0.2, -0.15) is 0 Å². The van der Waals surface area contributed by atoms with Crippen molar-refractivity contribution in [3.63, 3.8) is 0 Å². The van der Waals surface area contributed by atoms with E-state index >= 15 is 0 Å². The Bertz CT molecular complexity index is 484. The number of nitrogens with one attached hydrogen (secondary N) is 1. The Labute approximate surface area is 128 Å². The first-order chi connectivity index (χ1) is 9.10. The zero-order valence-corrected chi connectivity index (χ0v) is 14.4. The molecule has 1 aromatic rings. The average molecular weight is 344 g/mol. The van der Waals surface area contributed by atoms with E-state index < -0.39 is 11.7 Å². The van der Waals surface area contributed by atoms with Crippen molar-refractivity contribution in [3.05, 3.63) is 22.3 Å². The molecule has 0 saturated heterocycles. The summed E-state index contributed by atoms with van der Waals surface area (Å²) in [6.45, 7) is 7.51. The number of anilines is 1. The highest BCUT2D eigenvalue weighted by atomic mass is 79.9. The summed E-state index contributed by atoms with van der Waals surface area (Å²) in [5, 5.41) is 2.65. The van der Waals surface area contributed by atoms with Gasteiger partial charge in [-0.3, -0.25) is 5.32 Å². The molecule has 112 valence electrons. The molecule has 0 aliphatic heterocycles. The molecule has 1 amide bonds. The van der Waals surface area contributed by atoms with Crippen LogP contribution in [0.4, 0.5) is 10.6 Å². The minimum absolute atomic E-state index is 0.129. The molecule has 0 aliphatic rings. The number of hydrogen-bond acceptors (Lipinski definition) is 4. The molecule has 0 saturated carbocycles. The van der Waals surface area contributed by atoms with E-state index in [1.54, 1.807) is 6.07 Å². The minimum Gasteiger partial charge on any atom is -0.444 e. The van der Waals surface area contributed by atoms with Gasteiger partial charge in [0.05, 0.1) is 5.69 Å². The van der Waals surface area contributed by atoms with Crippen molar-refractivity contribution in [3.8, 4) is 0 Å². The second-order valence-electron chi connectivity index (χ2n) is 5.83. The lowest BCUT2D eigenvalue weighted by atomic mass is 10.2. The lowest BCUT2D eigenvalue weighted by Gasteiger charge is -2.22. The molecule has 0 fully saturated rings. The zero-order chi connectivity index (χ0) is 15.5. The minimum atomic E-state index is -0.529. The topological polar surface area (TPSA) is 54.5 Å². The summed E-state index contributed by atoms with van der Waals surface area (Å²) in [7, 11) is 3.96. The van der Waals surface area contributed by atoms with Crippen molar-refractivity contribution in [2.75, 3.05) is 19.4 Å². The monoisotopic (exact) mass is 343 g/mol. The summed E-state index contributed by atoms with van der Waals surface area (Å²) < 4.78 is 6.12. The molecule has 0 aliphatic carbocycles. The molecule has 5 nitrogen and oxygen atoms in total. The van der Waals surface area contributed by atoms with E-state index in [2.05, 4.69) is 26.2 Å². The number of amides is 1. The molecule has 0 aromatic carbocycles. The Hall–Kier alpha value is -1.14. The maximum absolute atomic E-state index is 11.7. The Kier molecular flexibility index (Phi) is 5.53. The number of ether oxygens (including phenoxy) is 1. The van der Waals surface area contributed by atoms with E-state index in [4.69, 9.17) is 4.74 Å². The third-order valence-corrected chi connectivity index (χ3v) is 3.34. The lowest BCUT2D eigenvalue weighted by molar-refractivity contribution is 0.0635. The van der Waals surface area contributed by atoms with E-state index in [1.165, 1.54) is 0 Å². The number of aromatic nitrogens is 1. The van der Waals surface area contributed by atoms with Gasteiger partial charge in [-0.05, 0) is 69.9 Å². The number of hydrogen-bond donors (Lipinski definition) is 1. The molecule has 1 rings (SSSR count). The third-order valence-electron chi connectivity index (χ3n) is 2.67. The van der Waals surface area contributed by atoms with E-state index in [1.807, 2.05) is 52.8 Å². The average Bonchev–Trinajstić information content (AvgIpc) is 2.28. The number of carbonyl (C=O) groups is 1. The van der Waals surface area contributed by atoms with Gasteiger partial charge in [-0.1, -0.05) is 0 Å². The van der Waals surface area contributed by atoms with Crippen molar-refractivity contribution in [1.82, 2.24) is 9.88 Å². The van der Waals surface area contributed by atoms with E-state index in [-0.39, 0.29) is 6.04 Å². The summed E-state index contributed by atoms with van der Waals surface area (Å²) in [5.41, 5.74) is 0.336. The quantitative estimate of drug-likeness (QED) is 0.906. The maximum Gasteiger partial charge on any atom is 0.413 e. The largest absolute Gasteiger partial charge is 0.444 e. The Morgan fingerprint density at radius 1 is 1.40 bits per heavy atom. The van der Waals surface area contributed by atoms with E-state index in [0.29, 0.717) is 5.82 Å². The molecule has 0 bridgehead atoms. The molecule has 1 unspecified atom stereocenters. The van der Waals surface area contributed by atoms with Gasteiger partial charge in [0, 0.05) is 10.5 Å². The van der Waals surface area contributed by atoms with Crippen molar-refractivity contribution >= 4 is 27.8 Å². The maximum atomic E-state index is 11.7. The molecule has 0 radical (unpaired) electrons. The highest BCUT2D eigenvalue weighted by Crippen LogP contribution is 2.26. The van der Waals surface area contributed by atoms with Crippen molar-refractivity contribution in [1.29, 1.82) is 0 Å². The van der Waals surface area contributed by atoms with Gasteiger partial charge in [0.15, 0.2) is 0 Å². The molecule has 1 heterocycles. The van der Waals surface area contributed by atoms with Gasteiger partial charge in [-0.15, -0.1) is 0 Å². The van der Waals surface area contributed by atoms with Crippen LogP contribution in [0.1, 0.15) is 39.4 Å². The summed E-state index contributed by atoms with van der Waals surface area (Å²) in [6.07, 6.45) is -0.504. The first-order valence-electron chi connectivity index (χ1n) is 6.43.